The van der Waals surface area contributed by atoms with Crippen LogP contribution in [0.2, 0.25) is 0 Å². The monoisotopic (exact) mass is 332 g/mol. The van der Waals surface area contributed by atoms with Crippen molar-refractivity contribution in [2.24, 2.45) is 11.8 Å². The number of hydrogen-bond acceptors (Lipinski definition) is 4. The Bertz CT molecular complexity index is 568. The van der Waals surface area contributed by atoms with Crippen LogP contribution in [0.5, 0.6) is 0 Å². The molecule has 3 atom stereocenters. The van der Waals surface area contributed by atoms with Gasteiger partial charge in [0.25, 0.3) is 5.91 Å². The fraction of sp³-hybridized carbons (Fsp3) is 0.579. The van der Waals surface area contributed by atoms with Crippen molar-refractivity contribution < 1.29 is 14.3 Å². The third-order valence-electron chi connectivity index (χ3n) is 5.01. The van der Waals surface area contributed by atoms with E-state index in [-0.39, 0.29) is 18.6 Å². The zero-order valence-electron chi connectivity index (χ0n) is 15.0. The summed E-state index contributed by atoms with van der Waals surface area (Å²) in [5.41, 5.74) is 1.46. The molecule has 1 aromatic rings. The third kappa shape index (κ3) is 4.73. The van der Waals surface area contributed by atoms with Gasteiger partial charge in [0, 0.05) is 25.8 Å². The number of nitrogens with zero attached hydrogens (tertiary/aromatic N) is 1. The topological polar surface area (TPSA) is 58.6 Å². The molecular weight excluding hydrogens is 304 g/mol. The number of rotatable bonds is 5. The molecule has 0 aliphatic heterocycles. The second-order valence-corrected chi connectivity index (χ2v) is 6.96. The van der Waals surface area contributed by atoms with Gasteiger partial charge in [-0.15, -0.1) is 0 Å². The number of hydrogen-bond donors (Lipinski definition) is 1. The average molecular weight is 332 g/mol. The standard InChI is InChI=1S/C19H28N2O3/c1-13-6-5-7-17(14(13)2)20-18(22)12-24-19(23)15-8-10-16(11-9-15)21(3)4/h8-11,13-14,17H,5-7,12H2,1-4H3,(H,20,22)/t13-,14-,17-/m0/s1. The number of carbonyl (C=O) groups is 2. The predicted molar refractivity (Wildman–Crippen MR) is 95.2 cm³/mol. The molecule has 0 heterocycles. The summed E-state index contributed by atoms with van der Waals surface area (Å²) >= 11 is 0. The van der Waals surface area contributed by atoms with Crippen LogP contribution in [-0.4, -0.2) is 38.6 Å². The highest BCUT2D eigenvalue weighted by Gasteiger charge is 2.28. The molecule has 1 saturated carbocycles. The van der Waals surface area contributed by atoms with Crippen LogP contribution in [0.3, 0.4) is 0 Å². The van der Waals surface area contributed by atoms with Crippen LogP contribution >= 0.6 is 0 Å². The fourth-order valence-electron chi connectivity index (χ4n) is 3.14. The molecule has 24 heavy (non-hydrogen) atoms. The normalized spacial score (nSPS) is 23.4. The molecule has 0 spiro atoms. The Balaban J connectivity index is 1.81. The minimum atomic E-state index is -0.472. The third-order valence-corrected chi connectivity index (χ3v) is 5.01. The summed E-state index contributed by atoms with van der Waals surface area (Å²) in [7, 11) is 3.87. The largest absolute Gasteiger partial charge is 0.452 e. The second-order valence-electron chi connectivity index (χ2n) is 6.96. The van der Waals surface area contributed by atoms with Crippen LogP contribution < -0.4 is 10.2 Å². The first-order valence-electron chi connectivity index (χ1n) is 8.62. The minimum absolute atomic E-state index is 0.180. The SMILES string of the molecule is C[C@@H]1[C@@H](NC(=O)COC(=O)c2ccc(N(C)C)cc2)CCC[C@@H]1C. The quantitative estimate of drug-likeness (QED) is 0.843. The predicted octanol–water partition coefficient (Wildman–Crippen LogP) is 2.85. The van der Waals surface area contributed by atoms with Crippen molar-refractivity contribution in [1.82, 2.24) is 5.32 Å². The molecule has 5 nitrogen and oxygen atoms in total. The first kappa shape index (κ1) is 18.3. The second kappa shape index (κ2) is 8.18. The molecule has 132 valence electrons. The summed E-state index contributed by atoms with van der Waals surface area (Å²) in [5.74, 6) is 0.374. The molecule has 0 unspecified atom stereocenters. The van der Waals surface area contributed by atoms with Crippen molar-refractivity contribution in [3.63, 3.8) is 0 Å². The smallest absolute Gasteiger partial charge is 0.338 e. The van der Waals surface area contributed by atoms with Gasteiger partial charge in [-0.25, -0.2) is 4.79 Å². The van der Waals surface area contributed by atoms with Gasteiger partial charge in [0.2, 0.25) is 0 Å². The Labute approximate surface area is 144 Å². The maximum Gasteiger partial charge on any atom is 0.338 e. The highest BCUT2D eigenvalue weighted by molar-refractivity contribution is 5.91. The summed E-state index contributed by atoms with van der Waals surface area (Å²) in [4.78, 5) is 26.0. The van der Waals surface area contributed by atoms with E-state index in [4.69, 9.17) is 4.74 Å². The lowest BCUT2D eigenvalue weighted by Crippen LogP contribution is -2.45. The van der Waals surface area contributed by atoms with Crippen LogP contribution in [0, 0.1) is 11.8 Å². The van der Waals surface area contributed by atoms with E-state index >= 15 is 0 Å². The molecule has 1 N–H and O–H groups in total. The Hall–Kier alpha value is -2.04. The van der Waals surface area contributed by atoms with E-state index in [9.17, 15) is 9.59 Å². The van der Waals surface area contributed by atoms with Gasteiger partial charge in [0.1, 0.15) is 0 Å². The van der Waals surface area contributed by atoms with Crippen LogP contribution in [0.4, 0.5) is 5.69 Å². The van der Waals surface area contributed by atoms with Crippen LogP contribution in [-0.2, 0) is 9.53 Å². The minimum Gasteiger partial charge on any atom is -0.452 e. The fourth-order valence-corrected chi connectivity index (χ4v) is 3.14. The number of nitrogens with one attached hydrogen (secondary N) is 1. The lowest BCUT2D eigenvalue weighted by Gasteiger charge is -2.34. The zero-order valence-corrected chi connectivity index (χ0v) is 15.0. The Morgan fingerprint density at radius 1 is 1.17 bits per heavy atom. The molecule has 1 amide bonds. The number of anilines is 1. The van der Waals surface area contributed by atoms with E-state index in [1.165, 1.54) is 6.42 Å². The molecule has 1 aromatic carbocycles. The number of carbonyl (C=O) groups excluding carboxylic acids is 2. The molecule has 5 heteroatoms. The van der Waals surface area contributed by atoms with Gasteiger partial charge in [-0.2, -0.15) is 0 Å². The van der Waals surface area contributed by atoms with Gasteiger partial charge in [-0.3, -0.25) is 4.79 Å². The van der Waals surface area contributed by atoms with Gasteiger partial charge >= 0.3 is 5.97 Å². The molecule has 0 radical (unpaired) electrons. The zero-order chi connectivity index (χ0) is 17.7. The summed E-state index contributed by atoms with van der Waals surface area (Å²) in [5, 5.41) is 3.01. The van der Waals surface area contributed by atoms with Gasteiger partial charge < -0.3 is 15.0 Å². The van der Waals surface area contributed by atoms with E-state index in [1.54, 1.807) is 12.1 Å². The summed E-state index contributed by atoms with van der Waals surface area (Å²) in [6.07, 6.45) is 3.34. The highest BCUT2D eigenvalue weighted by atomic mass is 16.5. The lowest BCUT2D eigenvalue weighted by molar-refractivity contribution is -0.125. The van der Waals surface area contributed by atoms with Crippen LogP contribution in [0.1, 0.15) is 43.5 Å². The van der Waals surface area contributed by atoms with Crippen LogP contribution in [0.25, 0.3) is 0 Å². The maximum absolute atomic E-state index is 12.0. The van der Waals surface area contributed by atoms with E-state index in [0.717, 1.165) is 18.5 Å². The molecule has 0 saturated heterocycles. The highest BCUT2D eigenvalue weighted by Crippen LogP contribution is 2.29. The van der Waals surface area contributed by atoms with E-state index in [2.05, 4.69) is 19.2 Å². The van der Waals surface area contributed by atoms with Crippen molar-refractivity contribution in [3.8, 4) is 0 Å². The number of esters is 1. The number of amides is 1. The van der Waals surface area contributed by atoms with Gasteiger partial charge in [0.15, 0.2) is 6.61 Å². The van der Waals surface area contributed by atoms with Crippen LogP contribution in [0.15, 0.2) is 24.3 Å². The summed E-state index contributed by atoms with van der Waals surface area (Å²) < 4.78 is 5.13. The van der Waals surface area contributed by atoms with Gasteiger partial charge in [0.05, 0.1) is 5.56 Å². The molecule has 1 aliphatic carbocycles. The van der Waals surface area contributed by atoms with Gasteiger partial charge in [-0.05, 0) is 42.5 Å². The molecular formula is C19H28N2O3. The van der Waals surface area contributed by atoms with Crippen molar-refractivity contribution >= 4 is 17.6 Å². The summed E-state index contributed by atoms with van der Waals surface area (Å²) in [6.45, 7) is 4.17. The van der Waals surface area contributed by atoms with Crippen molar-refractivity contribution in [1.29, 1.82) is 0 Å². The van der Waals surface area contributed by atoms with Crippen molar-refractivity contribution in [2.75, 3.05) is 25.6 Å². The molecule has 1 fully saturated rings. The average Bonchev–Trinajstić information content (AvgIpc) is 2.57. The Morgan fingerprint density at radius 3 is 2.46 bits per heavy atom. The van der Waals surface area contributed by atoms with Crippen molar-refractivity contribution in [3.05, 3.63) is 29.8 Å². The summed E-state index contributed by atoms with van der Waals surface area (Å²) in [6, 6.07) is 7.30. The number of benzene rings is 1. The first-order valence-corrected chi connectivity index (χ1v) is 8.62. The van der Waals surface area contributed by atoms with E-state index in [1.807, 2.05) is 31.1 Å². The Morgan fingerprint density at radius 2 is 1.83 bits per heavy atom. The number of ether oxygens (including phenoxy) is 1. The molecule has 2 rings (SSSR count). The molecule has 0 bridgehead atoms. The van der Waals surface area contributed by atoms with Crippen molar-refractivity contribution in [2.45, 2.75) is 39.2 Å². The van der Waals surface area contributed by atoms with E-state index < -0.39 is 5.97 Å². The van der Waals surface area contributed by atoms with Gasteiger partial charge in [-0.1, -0.05) is 26.7 Å². The van der Waals surface area contributed by atoms with E-state index in [0.29, 0.717) is 17.4 Å². The first-order chi connectivity index (χ1) is 11.4. The Kier molecular flexibility index (Phi) is 6.23. The molecule has 0 aromatic heterocycles. The maximum atomic E-state index is 12.0. The molecule has 1 aliphatic rings. The lowest BCUT2D eigenvalue weighted by atomic mass is 9.78.